The van der Waals surface area contributed by atoms with Crippen molar-refractivity contribution in [2.75, 3.05) is 13.2 Å². The average Bonchev–Trinajstić information content (AvgIpc) is 2.28. The number of amides is 1. The van der Waals surface area contributed by atoms with Gasteiger partial charge in [-0.3, -0.25) is 0 Å². The summed E-state index contributed by atoms with van der Waals surface area (Å²) in [6.07, 6.45) is -0.678. The zero-order valence-corrected chi connectivity index (χ0v) is 12.5. The molecule has 20 heavy (non-hydrogen) atoms. The second kappa shape index (κ2) is 8.27. The molecule has 8 nitrogen and oxygen atoms in total. The molecule has 1 N–H and O–H groups in total. The summed E-state index contributed by atoms with van der Waals surface area (Å²) in [7, 11) is 0. The predicted octanol–water partition coefficient (Wildman–Crippen LogP) is 2.39. The van der Waals surface area contributed by atoms with Crippen LogP contribution in [0, 0.1) is 5.92 Å². The Hall–Kier alpha value is -1.95. The topological polar surface area (TPSA) is 113 Å². The van der Waals surface area contributed by atoms with Crippen LogP contribution in [0.1, 0.15) is 34.6 Å². The Kier molecular flexibility index (Phi) is 7.46. The van der Waals surface area contributed by atoms with E-state index in [9.17, 15) is 9.59 Å². The summed E-state index contributed by atoms with van der Waals surface area (Å²) in [5.41, 5.74) is 7.46. The Morgan fingerprint density at radius 2 is 1.95 bits per heavy atom. The van der Waals surface area contributed by atoms with Gasteiger partial charge in [-0.05, 0) is 32.2 Å². The minimum atomic E-state index is -0.809. The number of nitrogens with zero attached hydrogens (tertiary/aromatic N) is 3. The van der Waals surface area contributed by atoms with Gasteiger partial charge in [0.1, 0.15) is 11.6 Å². The minimum absolute atomic E-state index is 0.0257. The molecular formula is C12H22N4O4. The average molecular weight is 286 g/mol. The lowest BCUT2D eigenvalue weighted by Gasteiger charge is -2.24. The van der Waals surface area contributed by atoms with Crippen molar-refractivity contribution in [3.8, 4) is 0 Å². The summed E-state index contributed by atoms with van der Waals surface area (Å²) in [5, 5.41) is 5.72. The summed E-state index contributed by atoms with van der Waals surface area (Å²) in [6.45, 7) is 8.77. The van der Waals surface area contributed by atoms with Gasteiger partial charge in [0.25, 0.3) is 0 Å². The first kappa shape index (κ1) is 18.0. The lowest BCUT2D eigenvalue weighted by atomic mass is 10.1. The number of hydrogen-bond donors (Lipinski definition) is 1. The Labute approximate surface area is 118 Å². The maximum absolute atomic E-state index is 11.8. The number of azide groups is 1. The van der Waals surface area contributed by atoms with Gasteiger partial charge in [-0.15, -0.1) is 0 Å². The van der Waals surface area contributed by atoms with Gasteiger partial charge >= 0.3 is 12.1 Å². The van der Waals surface area contributed by atoms with Crippen LogP contribution in [0.5, 0.6) is 0 Å². The van der Waals surface area contributed by atoms with Gasteiger partial charge in [-0.2, -0.15) is 0 Å². The number of alkyl carbamates (subject to hydrolysis) is 1. The second-order valence-corrected chi connectivity index (χ2v) is 5.49. The van der Waals surface area contributed by atoms with Crippen LogP contribution in [0.15, 0.2) is 5.11 Å². The fraction of sp³-hybridized carbons (Fsp3) is 0.833. The van der Waals surface area contributed by atoms with E-state index in [1.807, 2.05) is 0 Å². The highest BCUT2D eigenvalue weighted by Gasteiger charge is 2.27. The number of carbonyl (C=O) groups excluding carboxylic acids is 2. The molecule has 8 heteroatoms. The van der Waals surface area contributed by atoms with Gasteiger partial charge in [0, 0.05) is 4.91 Å². The van der Waals surface area contributed by atoms with Crippen molar-refractivity contribution in [1.82, 2.24) is 5.32 Å². The van der Waals surface area contributed by atoms with Crippen molar-refractivity contribution in [3.63, 3.8) is 0 Å². The smallest absolute Gasteiger partial charge is 0.408 e. The molecule has 0 aromatic heterocycles. The van der Waals surface area contributed by atoms with Crippen LogP contribution >= 0.6 is 0 Å². The fourth-order valence-corrected chi connectivity index (χ4v) is 1.25. The van der Waals surface area contributed by atoms with E-state index in [1.165, 1.54) is 0 Å². The number of ether oxygens (including phenoxy) is 2. The minimum Gasteiger partial charge on any atom is -0.464 e. The maximum Gasteiger partial charge on any atom is 0.408 e. The van der Waals surface area contributed by atoms with Crippen molar-refractivity contribution < 1.29 is 19.1 Å². The Bertz CT molecular complexity index is 383. The van der Waals surface area contributed by atoms with Gasteiger partial charge in [-0.25, -0.2) is 9.59 Å². The molecular weight excluding hydrogens is 264 g/mol. The number of rotatable bonds is 6. The molecule has 0 fully saturated rings. The third-order valence-corrected chi connectivity index (χ3v) is 2.09. The van der Waals surface area contributed by atoms with E-state index in [0.717, 1.165) is 0 Å². The van der Waals surface area contributed by atoms with Crippen molar-refractivity contribution in [1.29, 1.82) is 0 Å². The molecule has 1 unspecified atom stereocenters. The molecule has 0 bridgehead atoms. The first-order valence-corrected chi connectivity index (χ1v) is 6.34. The molecule has 0 aromatic rings. The summed E-state index contributed by atoms with van der Waals surface area (Å²) >= 11 is 0. The van der Waals surface area contributed by atoms with E-state index in [0.29, 0.717) is 0 Å². The summed E-state index contributed by atoms with van der Waals surface area (Å²) in [4.78, 5) is 26.0. The monoisotopic (exact) mass is 286 g/mol. The third kappa shape index (κ3) is 8.20. The van der Waals surface area contributed by atoms with Gasteiger partial charge in [-0.1, -0.05) is 19.0 Å². The molecule has 0 saturated heterocycles. The fourth-order valence-electron chi connectivity index (χ4n) is 1.25. The molecule has 0 radical (unpaired) electrons. The first-order valence-electron chi connectivity index (χ1n) is 6.34. The van der Waals surface area contributed by atoms with Gasteiger partial charge in [0.2, 0.25) is 0 Å². The van der Waals surface area contributed by atoms with Gasteiger partial charge in [0.05, 0.1) is 13.2 Å². The quantitative estimate of drug-likeness (QED) is 0.265. The van der Waals surface area contributed by atoms with Crippen LogP contribution in [-0.2, 0) is 14.3 Å². The van der Waals surface area contributed by atoms with Crippen LogP contribution in [0.3, 0.4) is 0 Å². The van der Waals surface area contributed by atoms with E-state index in [2.05, 4.69) is 15.3 Å². The first-order chi connectivity index (χ1) is 9.17. The van der Waals surface area contributed by atoms with Crippen molar-refractivity contribution in [2.45, 2.75) is 46.3 Å². The van der Waals surface area contributed by atoms with Crippen LogP contribution in [-0.4, -0.2) is 36.9 Å². The molecule has 1 atom stereocenters. The summed E-state index contributed by atoms with van der Waals surface area (Å²) in [6, 6.07) is -0.809. The zero-order chi connectivity index (χ0) is 15.8. The molecule has 114 valence electrons. The van der Waals surface area contributed by atoms with Crippen LogP contribution < -0.4 is 5.32 Å². The molecule has 0 heterocycles. The highest BCUT2D eigenvalue weighted by atomic mass is 16.6. The van der Waals surface area contributed by atoms with Gasteiger partial charge < -0.3 is 14.8 Å². The molecule has 0 aliphatic rings. The van der Waals surface area contributed by atoms with Crippen molar-refractivity contribution in [2.24, 2.45) is 11.0 Å². The van der Waals surface area contributed by atoms with Crippen LogP contribution in [0.2, 0.25) is 0 Å². The van der Waals surface area contributed by atoms with Crippen molar-refractivity contribution in [3.05, 3.63) is 10.4 Å². The summed E-state index contributed by atoms with van der Waals surface area (Å²) < 4.78 is 10.0. The molecule has 0 aliphatic heterocycles. The molecule has 0 spiro atoms. The van der Waals surface area contributed by atoms with Gasteiger partial charge in [0.15, 0.2) is 0 Å². The molecule has 0 saturated carbocycles. The Morgan fingerprint density at radius 1 is 1.35 bits per heavy atom. The number of hydrogen-bond acceptors (Lipinski definition) is 5. The predicted molar refractivity (Wildman–Crippen MR) is 73.0 cm³/mol. The number of nitrogens with one attached hydrogen (secondary N) is 1. The van der Waals surface area contributed by atoms with E-state index in [1.54, 1.807) is 34.6 Å². The highest BCUT2D eigenvalue weighted by molar-refractivity contribution is 5.81. The lowest BCUT2D eigenvalue weighted by Crippen LogP contribution is -2.47. The number of esters is 1. The largest absolute Gasteiger partial charge is 0.464 e. The Morgan fingerprint density at radius 3 is 2.40 bits per heavy atom. The molecule has 0 aliphatic carbocycles. The lowest BCUT2D eigenvalue weighted by molar-refractivity contribution is -0.147. The zero-order valence-electron chi connectivity index (χ0n) is 12.5. The summed E-state index contributed by atoms with van der Waals surface area (Å²) in [5.74, 6) is -0.742. The molecule has 0 aromatic carbocycles. The number of carbonyl (C=O) groups is 2. The van der Waals surface area contributed by atoms with Crippen LogP contribution in [0.25, 0.3) is 10.4 Å². The van der Waals surface area contributed by atoms with Crippen molar-refractivity contribution >= 4 is 12.1 Å². The maximum atomic E-state index is 11.8. The molecule has 1 amide bonds. The Balaban J connectivity index is 4.45. The standard InChI is InChI=1S/C12H22N4O4/c1-8(2)9(10(17)19-7-6-14-16-13)15-11(18)20-12(3,4)5/h8-9H,6-7H2,1-5H3,(H,15,18). The van der Waals surface area contributed by atoms with E-state index in [4.69, 9.17) is 15.0 Å². The van der Waals surface area contributed by atoms with Crippen LogP contribution in [0.4, 0.5) is 4.79 Å². The molecule has 0 rings (SSSR count). The SMILES string of the molecule is CC(C)C(NC(=O)OC(C)(C)C)C(=O)OCCN=[N+]=[N-]. The third-order valence-electron chi connectivity index (χ3n) is 2.09. The van der Waals surface area contributed by atoms with E-state index < -0.39 is 23.7 Å². The van der Waals surface area contributed by atoms with E-state index in [-0.39, 0.29) is 19.1 Å². The van der Waals surface area contributed by atoms with E-state index >= 15 is 0 Å². The second-order valence-electron chi connectivity index (χ2n) is 5.49. The normalized spacial score (nSPS) is 12.3. The highest BCUT2D eigenvalue weighted by Crippen LogP contribution is 2.09.